The van der Waals surface area contributed by atoms with Crippen LogP contribution < -0.4 is 5.32 Å². The van der Waals surface area contributed by atoms with Crippen LogP contribution in [0.3, 0.4) is 0 Å². The predicted molar refractivity (Wildman–Crippen MR) is 70.7 cm³/mol. The van der Waals surface area contributed by atoms with Crippen molar-refractivity contribution in [2.45, 2.75) is 51.2 Å². The largest absolute Gasteiger partial charge is 0.370 e. The number of aromatic nitrogens is 2. The van der Waals surface area contributed by atoms with Crippen LogP contribution >= 0.6 is 0 Å². The van der Waals surface area contributed by atoms with Crippen molar-refractivity contribution in [2.24, 2.45) is 11.8 Å². The Hall–Kier alpha value is -0.940. The van der Waals surface area contributed by atoms with Crippen molar-refractivity contribution >= 4 is 0 Å². The van der Waals surface area contributed by atoms with Crippen LogP contribution in [0.15, 0.2) is 4.52 Å². The van der Waals surface area contributed by atoms with Gasteiger partial charge in [-0.15, -0.1) is 0 Å². The molecule has 0 spiro atoms. The highest BCUT2D eigenvalue weighted by molar-refractivity contribution is 5.00. The molecule has 5 heteroatoms. The van der Waals surface area contributed by atoms with E-state index >= 15 is 0 Å². The van der Waals surface area contributed by atoms with Gasteiger partial charge in [0, 0.05) is 19.1 Å². The second-order valence-corrected chi connectivity index (χ2v) is 5.70. The Morgan fingerprint density at radius 1 is 1.32 bits per heavy atom. The molecule has 0 aromatic carbocycles. The van der Waals surface area contributed by atoms with E-state index < -0.39 is 0 Å². The number of ether oxygens (including phenoxy) is 1. The maximum atomic E-state index is 5.76. The lowest BCUT2D eigenvalue weighted by molar-refractivity contribution is 0.0384. The van der Waals surface area contributed by atoms with Gasteiger partial charge in [-0.1, -0.05) is 5.16 Å². The predicted octanol–water partition coefficient (Wildman–Crippen LogP) is 2.10. The molecule has 3 rings (SSSR count). The van der Waals surface area contributed by atoms with E-state index in [0.717, 1.165) is 24.1 Å². The fourth-order valence-electron chi connectivity index (χ4n) is 2.66. The van der Waals surface area contributed by atoms with Crippen LogP contribution in [0.25, 0.3) is 0 Å². The molecule has 0 radical (unpaired) electrons. The quantitative estimate of drug-likeness (QED) is 0.780. The van der Waals surface area contributed by atoms with E-state index in [9.17, 15) is 0 Å². The molecule has 1 N–H and O–H groups in total. The fourth-order valence-corrected chi connectivity index (χ4v) is 2.66. The number of nitrogens with one attached hydrogen (secondary N) is 1. The molecule has 2 aliphatic carbocycles. The van der Waals surface area contributed by atoms with Crippen molar-refractivity contribution in [1.82, 2.24) is 15.5 Å². The summed E-state index contributed by atoms with van der Waals surface area (Å²) in [5, 5.41) is 7.48. The highest BCUT2D eigenvalue weighted by atomic mass is 16.5. The second kappa shape index (κ2) is 5.59. The molecule has 1 aromatic rings. The lowest BCUT2D eigenvalue weighted by atomic mass is 10.1. The molecule has 5 nitrogen and oxygen atoms in total. The van der Waals surface area contributed by atoms with Crippen LogP contribution in [0.2, 0.25) is 0 Å². The lowest BCUT2D eigenvalue weighted by Crippen LogP contribution is -2.29. The molecule has 0 aliphatic heterocycles. The molecule has 1 heterocycles. The molecule has 2 saturated carbocycles. The molecule has 19 heavy (non-hydrogen) atoms. The minimum Gasteiger partial charge on any atom is -0.370 e. The van der Waals surface area contributed by atoms with Crippen LogP contribution in [-0.4, -0.2) is 29.8 Å². The summed E-state index contributed by atoms with van der Waals surface area (Å²) in [5.41, 5.74) is 0. The zero-order chi connectivity index (χ0) is 13.2. The summed E-state index contributed by atoms with van der Waals surface area (Å²) in [4.78, 5) is 4.55. The van der Waals surface area contributed by atoms with Gasteiger partial charge in [-0.2, -0.15) is 4.98 Å². The van der Waals surface area contributed by atoms with Gasteiger partial charge in [0.25, 0.3) is 0 Å². The molecule has 2 fully saturated rings. The topological polar surface area (TPSA) is 60.2 Å². The van der Waals surface area contributed by atoms with Crippen molar-refractivity contribution in [3.8, 4) is 0 Å². The Balaban J connectivity index is 1.64. The van der Waals surface area contributed by atoms with Gasteiger partial charge in [0.1, 0.15) is 6.10 Å². The average Bonchev–Trinajstić information content (AvgIpc) is 3.32. The SMILES string of the molecule is CCOC(c1noc(CC(NC)C2CC2)n1)C1CC1. The van der Waals surface area contributed by atoms with Gasteiger partial charge >= 0.3 is 0 Å². The van der Waals surface area contributed by atoms with Gasteiger partial charge in [0.15, 0.2) is 0 Å². The summed E-state index contributed by atoms with van der Waals surface area (Å²) >= 11 is 0. The van der Waals surface area contributed by atoms with E-state index in [-0.39, 0.29) is 6.10 Å². The summed E-state index contributed by atoms with van der Waals surface area (Å²) in [6.07, 6.45) is 5.94. The zero-order valence-corrected chi connectivity index (χ0v) is 11.8. The first-order valence-corrected chi connectivity index (χ1v) is 7.43. The van der Waals surface area contributed by atoms with E-state index in [1.165, 1.54) is 25.7 Å². The summed E-state index contributed by atoms with van der Waals surface area (Å²) in [5.74, 6) is 2.86. The van der Waals surface area contributed by atoms with Gasteiger partial charge in [0.05, 0.1) is 0 Å². The van der Waals surface area contributed by atoms with Crippen molar-refractivity contribution in [2.75, 3.05) is 13.7 Å². The van der Waals surface area contributed by atoms with E-state index in [1.54, 1.807) is 0 Å². The third-order valence-electron chi connectivity index (χ3n) is 4.09. The maximum absolute atomic E-state index is 5.76. The number of rotatable bonds is 8. The Bertz CT molecular complexity index is 413. The lowest BCUT2D eigenvalue weighted by Gasteiger charge is -2.12. The highest BCUT2D eigenvalue weighted by Crippen LogP contribution is 2.42. The molecule has 2 aliphatic rings. The normalized spacial score (nSPS) is 22.4. The van der Waals surface area contributed by atoms with Crippen LogP contribution in [0.1, 0.15) is 50.4 Å². The smallest absolute Gasteiger partial charge is 0.228 e. The molecular weight excluding hydrogens is 242 g/mol. The molecule has 0 amide bonds. The molecule has 2 unspecified atom stereocenters. The molecule has 0 saturated heterocycles. The average molecular weight is 265 g/mol. The Labute approximate surface area is 114 Å². The maximum Gasteiger partial charge on any atom is 0.228 e. The van der Waals surface area contributed by atoms with E-state index in [0.29, 0.717) is 18.6 Å². The standard InChI is InChI=1S/C14H23N3O2/c1-3-18-13(10-6-7-10)14-16-12(19-17-14)8-11(15-2)9-4-5-9/h9-11,13,15H,3-8H2,1-2H3. The van der Waals surface area contributed by atoms with E-state index in [1.807, 2.05) is 14.0 Å². The molecule has 106 valence electrons. The Kier molecular flexibility index (Phi) is 3.84. The molecular formula is C14H23N3O2. The molecule has 1 aromatic heterocycles. The van der Waals surface area contributed by atoms with Crippen LogP contribution in [-0.2, 0) is 11.2 Å². The van der Waals surface area contributed by atoms with Gasteiger partial charge < -0.3 is 14.6 Å². The molecule has 0 bridgehead atoms. The molecule has 2 atom stereocenters. The third kappa shape index (κ3) is 3.15. The van der Waals surface area contributed by atoms with Crippen molar-refractivity contribution in [3.05, 3.63) is 11.7 Å². The summed E-state index contributed by atoms with van der Waals surface area (Å²) in [6.45, 7) is 2.72. The summed E-state index contributed by atoms with van der Waals surface area (Å²) in [7, 11) is 2.01. The van der Waals surface area contributed by atoms with Crippen LogP contribution in [0.5, 0.6) is 0 Å². The highest BCUT2D eigenvalue weighted by Gasteiger charge is 2.37. The van der Waals surface area contributed by atoms with Crippen LogP contribution in [0, 0.1) is 11.8 Å². The summed E-state index contributed by atoms with van der Waals surface area (Å²) < 4.78 is 11.2. The Morgan fingerprint density at radius 2 is 2.05 bits per heavy atom. The fraction of sp³-hybridized carbons (Fsp3) is 0.857. The second-order valence-electron chi connectivity index (χ2n) is 5.70. The Morgan fingerprint density at radius 3 is 2.63 bits per heavy atom. The zero-order valence-electron chi connectivity index (χ0n) is 11.8. The van der Waals surface area contributed by atoms with Crippen molar-refractivity contribution in [1.29, 1.82) is 0 Å². The van der Waals surface area contributed by atoms with Crippen molar-refractivity contribution < 1.29 is 9.26 Å². The van der Waals surface area contributed by atoms with Gasteiger partial charge in [0.2, 0.25) is 11.7 Å². The number of hydrogen-bond acceptors (Lipinski definition) is 5. The number of nitrogens with zero attached hydrogens (tertiary/aromatic N) is 2. The van der Waals surface area contributed by atoms with E-state index in [2.05, 4.69) is 15.5 Å². The third-order valence-corrected chi connectivity index (χ3v) is 4.09. The number of likely N-dealkylation sites (N-methyl/N-ethyl adjacent to an activating group) is 1. The number of hydrogen-bond donors (Lipinski definition) is 1. The van der Waals surface area contributed by atoms with Gasteiger partial charge in [-0.3, -0.25) is 0 Å². The first-order chi connectivity index (χ1) is 9.31. The monoisotopic (exact) mass is 265 g/mol. The first-order valence-electron chi connectivity index (χ1n) is 7.43. The minimum atomic E-state index is 0.0384. The minimum absolute atomic E-state index is 0.0384. The van der Waals surface area contributed by atoms with Crippen LogP contribution in [0.4, 0.5) is 0 Å². The van der Waals surface area contributed by atoms with Gasteiger partial charge in [-0.05, 0) is 51.5 Å². The first kappa shape index (κ1) is 13.1. The summed E-state index contributed by atoms with van der Waals surface area (Å²) in [6, 6.07) is 0.472. The van der Waals surface area contributed by atoms with Gasteiger partial charge in [-0.25, -0.2) is 0 Å². The van der Waals surface area contributed by atoms with Crippen molar-refractivity contribution in [3.63, 3.8) is 0 Å². The van der Waals surface area contributed by atoms with E-state index in [4.69, 9.17) is 9.26 Å².